The van der Waals surface area contributed by atoms with Gasteiger partial charge in [-0.05, 0) is 92.8 Å². The Balaban J connectivity index is 0.988. The maximum atomic E-state index is 14.0. The standard InChI is InChI=1S/C52H68N8O9/c1-5-59(6-2)42-17-18-46(44(37-42)47-36-40(19-21-53-47)50(64)54-45-16-10-12-38-11-7-8-15-43(38)45)55-49(63)39-13-9-14-41(35-39)51(65)56(3)22-23-58-24-26-60(27-25-58)52(66)57(4)28-30-68-32-34-69-33-31-67-29-20-48(61)62/h7-9,11,13-15,17-19,21,35-37,45H,5-6,10,12,16,20,22-34H2,1-4H3,(H,54,64)(H,55,63)(H,61,62)/t45-/m0/s1. The number of aromatic nitrogens is 1. The minimum atomic E-state index is -0.900. The first kappa shape index (κ1) is 52.0. The van der Waals surface area contributed by atoms with E-state index in [1.54, 1.807) is 66.5 Å². The van der Waals surface area contributed by atoms with E-state index in [1.165, 1.54) is 5.56 Å². The summed E-state index contributed by atoms with van der Waals surface area (Å²) in [6.07, 6.45) is 4.45. The lowest BCUT2D eigenvalue weighted by Crippen LogP contribution is -2.53. The summed E-state index contributed by atoms with van der Waals surface area (Å²) in [5.74, 6) is -1.69. The van der Waals surface area contributed by atoms with Gasteiger partial charge in [0.1, 0.15) is 0 Å². The average Bonchev–Trinajstić information content (AvgIpc) is 3.37. The van der Waals surface area contributed by atoms with E-state index in [2.05, 4.69) is 51.4 Å². The van der Waals surface area contributed by atoms with Crippen molar-refractivity contribution in [2.45, 2.75) is 45.6 Å². The number of carbonyl (C=O) groups is 5. The van der Waals surface area contributed by atoms with Crippen LogP contribution in [0.5, 0.6) is 0 Å². The fourth-order valence-corrected chi connectivity index (χ4v) is 8.51. The van der Waals surface area contributed by atoms with Crippen LogP contribution < -0.4 is 15.5 Å². The SMILES string of the molecule is CCN(CC)c1ccc(NC(=O)c2cccc(C(=O)N(C)CCN3CCN(C(=O)N(C)CCOCCOCCOCCC(=O)O)CC3)c2)c(-c2cc(C(=O)N[C@H]3CCCc4ccccc43)ccn2)c1. The van der Waals surface area contributed by atoms with Gasteiger partial charge in [-0.15, -0.1) is 0 Å². The smallest absolute Gasteiger partial charge is 0.319 e. The van der Waals surface area contributed by atoms with Crippen molar-refractivity contribution < 1.29 is 43.3 Å². The lowest BCUT2D eigenvalue weighted by atomic mass is 9.87. The van der Waals surface area contributed by atoms with Crippen LogP contribution in [-0.4, -0.2) is 172 Å². The number of piperazine rings is 1. The number of rotatable bonds is 24. The third-order valence-corrected chi connectivity index (χ3v) is 12.6. The van der Waals surface area contributed by atoms with Gasteiger partial charge in [-0.2, -0.15) is 0 Å². The molecule has 1 saturated heterocycles. The van der Waals surface area contributed by atoms with Crippen molar-refractivity contribution in [3.63, 3.8) is 0 Å². The first-order chi connectivity index (χ1) is 33.4. The topological polar surface area (TPSA) is 186 Å². The van der Waals surface area contributed by atoms with Crippen molar-refractivity contribution >= 4 is 41.1 Å². The summed E-state index contributed by atoms with van der Waals surface area (Å²) in [5.41, 5.74) is 6.28. The number of anilines is 2. The molecular formula is C52H68N8O9. The third-order valence-electron chi connectivity index (χ3n) is 12.6. The molecule has 2 heterocycles. The predicted molar refractivity (Wildman–Crippen MR) is 265 cm³/mol. The monoisotopic (exact) mass is 949 g/mol. The number of likely N-dealkylation sites (N-methyl/N-ethyl adjacent to an activating group) is 2. The highest BCUT2D eigenvalue weighted by atomic mass is 16.5. The first-order valence-electron chi connectivity index (χ1n) is 24.0. The van der Waals surface area contributed by atoms with Crippen molar-refractivity contribution in [2.24, 2.45) is 0 Å². The van der Waals surface area contributed by atoms with E-state index in [1.807, 2.05) is 35.2 Å². The van der Waals surface area contributed by atoms with Gasteiger partial charge < -0.3 is 49.6 Å². The Hall–Kier alpha value is -6.40. The van der Waals surface area contributed by atoms with Crippen LogP contribution in [0.3, 0.4) is 0 Å². The van der Waals surface area contributed by atoms with E-state index in [0.29, 0.717) is 112 Å². The molecule has 5 amide bonds. The molecule has 69 heavy (non-hydrogen) atoms. The van der Waals surface area contributed by atoms with Gasteiger partial charge in [0, 0.05) is 107 Å². The average molecular weight is 949 g/mol. The summed E-state index contributed by atoms with van der Waals surface area (Å²) in [6.45, 7) is 11.6. The van der Waals surface area contributed by atoms with Gasteiger partial charge in [-0.1, -0.05) is 30.3 Å². The molecule has 4 aromatic rings. The Labute approximate surface area is 405 Å². The second-order valence-electron chi connectivity index (χ2n) is 17.2. The number of fused-ring (bicyclic) bond motifs is 1. The summed E-state index contributed by atoms with van der Waals surface area (Å²) < 4.78 is 16.2. The number of carbonyl (C=O) groups excluding carboxylic acids is 4. The molecule has 1 fully saturated rings. The zero-order valence-electron chi connectivity index (χ0n) is 40.5. The molecule has 0 radical (unpaired) electrons. The number of hydrogen-bond acceptors (Lipinski definition) is 11. The molecule has 17 heteroatoms. The van der Waals surface area contributed by atoms with Gasteiger partial charge in [-0.25, -0.2) is 4.79 Å². The summed E-state index contributed by atoms with van der Waals surface area (Å²) in [5, 5.41) is 14.9. The summed E-state index contributed by atoms with van der Waals surface area (Å²) in [7, 11) is 3.50. The molecule has 1 aromatic heterocycles. The lowest BCUT2D eigenvalue weighted by Gasteiger charge is -2.37. The number of ether oxygens (including phenoxy) is 3. The van der Waals surface area contributed by atoms with Crippen molar-refractivity contribution in [1.82, 2.24) is 29.9 Å². The van der Waals surface area contributed by atoms with Crippen molar-refractivity contribution in [2.75, 3.05) is 123 Å². The Kier molecular flexibility index (Phi) is 19.9. The molecular weight excluding hydrogens is 881 g/mol. The highest BCUT2D eigenvalue weighted by Gasteiger charge is 2.26. The van der Waals surface area contributed by atoms with Crippen molar-refractivity contribution in [3.8, 4) is 11.3 Å². The number of carboxylic acids is 1. The van der Waals surface area contributed by atoms with Gasteiger partial charge in [0.15, 0.2) is 0 Å². The highest BCUT2D eigenvalue weighted by molar-refractivity contribution is 6.08. The van der Waals surface area contributed by atoms with Gasteiger partial charge in [0.2, 0.25) is 0 Å². The first-order valence-corrected chi connectivity index (χ1v) is 24.0. The lowest BCUT2D eigenvalue weighted by molar-refractivity contribution is -0.138. The molecule has 1 atom stereocenters. The van der Waals surface area contributed by atoms with Crippen LogP contribution in [0.25, 0.3) is 11.3 Å². The highest BCUT2D eigenvalue weighted by Crippen LogP contribution is 2.33. The quantitative estimate of drug-likeness (QED) is 0.0706. The fraction of sp³-hybridized carbons (Fsp3) is 0.462. The Morgan fingerprint density at radius 1 is 0.739 bits per heavy atom. The number of nitrogens with zero attached hydrogens (tertiary/aromatic N) is 6. The molecule has 1 aliphatic heterocycles. The van der Waals surface area contributed by atoms with E-state index in [0.717, 1.165) is 43.6 Å². The van der Waals surface area contributed by atoms with E-state index in [-0.39, 0.29) is 42.8 Å². The van der Waals surface area contributed by atoms with Crippen LogP contribution in [0.15, 0.2) is 85.1 Å². The van der Waals surface area contributed by atoms with Gasteiger partial charge in [0.25, 0.3) is 17.7 Å². The molecule has 1 aliphatic carbocycles. The number of aliphatic carboxylic acids is 1. The molecule has 3 aromatic carbocycles. The summed E-state index contributed by atoms with van der Waals surface area (Å²) >= 11 is 0. The molecule has 0 spiro atoms. The van der Waals surface area contributed by atoms with Crippen LogP contribution in [0.1, 0.15) is 81.4 Å². The van der Waals surface area contributed by atoms with Crippen molar-refractivity contribution in [1.29, 1.82) is 0 Å². The molecule has 370 valence electrons. The molecule has 6 rings (SSSR count). The maximum Gasteiger partial charge on any atom is 0.319 e. The fourth-order valence-electron chi connectivity index (χ4n) is 8.51. The van der Waals surface area contributed by atoms with Crippen LogP contribution in [0, 0.1) is 0 Å². The minimum Gasteiger partial charge on any atom is -0.481 e. The number of hydrogen-bond donors (Lipinski definition) is 3. The number of nitrogens with one attached hydrogen (secondary N) is 2. The number of pyridine rings is 1. The van der Waals surface area contributed by atoms with Crippen LogP contribution in [0.4, 0.5) is 16.2 Å². The maximum absolute atomic E-state index is 14.0. The van der Waals surface area contributed by atoms with E-state index >= 15 is 0 Å². The number of aryl methyl sites for hydroxylation is 1. The van der Waals surface area contributed by atoms with Gasteiger partial charge >= 0.3 is 12.0 Å². The molecule has 0 saturated carbocycles. The summed E-state index contributed by atoms with van der Waals surface area (Å²) in [4.78, 5) is 79.2. The Morgan fingerprint density at radius 3 is 2.17 bits per heavy atom. The summed E-state index contributed by atoms with van der Waals surface area (Å²) in [6, 6.07) is 24.1. The number of benzene rings is 3. The second kappa shape index (κ2) is 26.4. The largest absolute Gasteiger partial charge is 0.481 e. The van der Waals surface area contributed by atoms with Crippen LogP contribution in [0.2, 0.25) is 0 Å². The molecule has 0 bridgehead atoms. The van der Waals surface area contributed by atoms with Gasteiger partial charge in [-0.3, -0.25) is 29.1 Å². The molecule has 17 nitrogen and oxygen atoms in total. The van der Waals surface area contributed by atoms with Crippen molar-refractivity contribution in [3.05, 3.63) is 113 Å². The zero-order valence-corrected chi connectivity index (χ0v) is 40.5. The zero-order chi connectivity index (χ0) is 49.1. The minimum absolute atomic E-state index is 0.0384. The normalized spacial score (nSPS) is 14.7. The Bertz CT molecular complexity index is 2350. The Morgan fingerprint density at radius 2 is 1.43 bits per heavy atom. The second-order valence-corrected chi connectivity index (χ2v) is 17.2. The number of carboxylic acid groups (broad SMARTS) is 1. The van der Waals surface area contributed by atoms with Crippen LogP contribution >= 0.6 is 0 Å². The van der Waals surface area contributed by atoms with E-state index in [9.17, 15) is 24.0 Å². The van der Waals surface area contributed by atoms with Gasteiger partial charge in [0.05, 0.1) is 63.5 Å². The molecule has 3 N–H and O–H groups in total. The molecule has 0 unspecified atom stereocenters. The predicted octanol–water partition coefficient (Wildman–Crippen LogP) is 5.92. The van der Waals surface area contributed by atoms with Crippen LogP contribution in [-0.2, 0) is 25.4 Å². The number of amides is 5. The molecule has 2 aliphatic rings. The third kappa shape index (κ3) is 15.0. The number of urea groups is 1. The van der Waals surface area contributed by atoms with E-state index < -0.39 is 5.97 Å². The van der Waals surface area contributed by atoms with E-state index in [4.69, 9.17) is 19.3 Å².